The molecule has 5 nitrogen and oxygen atoms in total. The first-order valence-corrected chi connectivity index (χ1v) is 12.3. The lowest BCUT2D eigenvalue weighted by atomic mass is 9.69. The number of carbonyl (C=O) groups excluding carboxylic acids is 1. The van der Waals surface area contributed by atoms with Crippen molar-refractivity contribution in [3.05, 3.63) is 37.7 Å². The largest absolute Gasteiger partial charge is 0.504 e. The number of hydrogen-bond donors (Lipinski definition) is 3. The molecule has 168 valence electrons. The molecule has 31 heavy (non-hydrogen) atoms. The van der Waals surface area contributed by atoms with Crippen LogP contribution in [0.5, 0.6) is 11.5 Å². The Bertz CT molecular complexity index is 1030. The SMILES string of the molecule is CCOc1cc(Cl)c(Cl)c([C@@H]2NC(=O)c3c(sc4c3CC[C@H](C(C)(C)CC)C4)N2)c1O. The number of phenolic OH excluding ortho intramolecular Hbond substituents is 1. The second kappa shape index (κ2) is 8.38. The number of halogens is 2. The number of benzene rings is 1. The molecule has 2 aromatic rings. The van der Waals surface area contributed by atoms with Crippen LogP contribution in [0, 0.1) is 11.3 Å². The second-order valence-electron chi connectivity index (χ2n) is 8.91. The van der Waals surface area contributed by atoms with Gasteiger partial charge in [0, 0.05) is 10.9 Å². The minimum Gasteiger partial charge on any atom is -0.504 e. The predicted octanol–water partition coefficient (Wildman–Crippen LogP) is 6.55. The van der Waals surface area contributed by atoms with Gasteiger partial charge in [0.05, 0.1) is 27.8 Å². The maximum absolute atomic E-state index is 13.1. The van der Waals surface area contributed by atoms with Crippen LogP contribution in [0.1, 0.15) is 73.1 Å². The minimum atomic E-state index is -0.701. The number of nitrogens with one attached hydrogen (secondary N) is 2. The van der Waals surface area contributed by atoms with Crippen LogP contribution in [0.2, 0.25) is 10.0 Å². The van der Waals surface area contributed by atoms with Gasteiger partial charge in [-0.2, -0.15) is 0 Å². The van der Waals surface area contributed by atoms with Gasteiger partial charge in [-0.3, -0.25) is 4.79 Å². The zero-order valence-corrected chi connectivity index (χ0v) is 20.5. The number of amides is 1. The van der Waals surface area contributed by atoms with Crippen LogP contribution in [0.15, 0.2) is 6.07 Å². The summed E-state index contributed by atoms with van der Waals surface area (Å²) in [5.41, 5.74) is 2.47. The quantitative estimate of drug-likeness (QED) is 0.451. The average Bonchev–Trinajstić information content (AvgIpc) is 3.10. The van der Waals surface area contributed by atoms with E-state index in [0.29, 0.717) is 18.1 Å². The fraction of sp³-hybridized carbons (Fsp3) is 0.522. The number of hydrogen-bond acceptors (Lipinski definition) is 5. The van der Waals surface area contributed by atoms with Crippen LogP contribution >= 0.6 is 34.5 Å². The number of phenols is 1. The second-order valence-corrected chi connectivity index (χ2v) is 10.8. The van der Waals surface area contributed by atoms with Gasteiger partial charge in [-0.1, -0.05) is 50.4 Å². The summed E-state index contributed by atoms with van der Waals surface area (Å²) in [5, 5.41) is 18.4. The Labute approximate surface area is 197 Å². The van der Waals surface area contributed by atoms with Crippen molar-refractivity contribution in [2.45, 2.75) is 59.5 Å². The number of ether oxygens (including phenoxy) is 1. The highest BCUT2D eigenvalue weighted by atomic mass is 35.5. The Morgan fingerprint density at radius 3 is 2.71 bits per heavy atom. The van der Waals surface area contributed by atoms with E-state index >= 15 is 0 Å². The van der Waals surface area contributed by atoms with Crippen molar-refractivity contribution in [3.8, 4) is 11.5 Å². The van der Waals surface area contributed by atoms with Gasteiger partial charge in [0.25, 0.3) is 5.91 Å². The van der Waals surface area contributed by atoms with E-state index in [-0.39, 0.29) is 32.9 Å². The predicted molar refractivity (Wildman–Crippen MR) is 127 cm³/mol. The molecule has 0 saturated carbocycles. The van der Waals surface area contributed by atoms with Crippen molar-refractivity contribution >= 4 is 45.4 Å². The van der Waals surface area contributed by atoms with Gasteiger partial charge in [-0.25, -0.2) is 0 Å². The van der Waals surface area contributed by atoms with Crippen LogP contribution in [0.3, 0.4) is 0 Å². The summed E-state index contributed by atoms with van der Waals surface area (Å²) in [5.74, 6) is 0.564. The smallest absolute Gasteiger partial charge is 0.256 e. The van der Waals surface area contributed by atoms with Crippen molar-refractivity contribution in [1.82, 2.24) is 5.32 Å². The molecular weight excluding hydrogens is 455 g/mol. The standard InChI is InChI=1S/C23H28Cl2N2O3S/c1-5-23(3,4)11-7-8-12-15(9-11)31-22-16(12)21(29)26-20(27-22)17-18(25)13(24)10-14(19(17)28)30-6-2/h10-11,20,27-28H,5-9H2,1-4H3,(H,26,29)/t11-,20+/m0/s1. The third-order valence-corrected chi connectivity index (χ3v) is 8.83. The van der Waals surface area contributed by atoms with E-state index in [1.54, 1.807) is 11.3 Å². The number of rotatable bonds is 5. The lowest BCUT2D eigenvalue weighted by Crippen LogP contribution is -2.38. The van der Waals surface area contributed by atoms with E-state index in [1.807, 2.05) is 6.92 Å². The van der Waals surface area contributed by atoms with Crippen molar-refractivity contribution < 1.29 is 14.6 Å². The summed E-state index contributed by atoms with van der Waals surface area (Å²) in [6, 6.07) is 1.49. The molecule has 2 aliphatic rings. The van der Waals surface area contributed by atoms with Gasteiger partial charge in [0.1, 0.15) is 11.2 Å². The topological polar surface area (TPSA) is 70.6 Å². The summed E-state index contributed by atoms with van der Waals surface area (Å²) in [7, 11) is 0. The van der Waals surface area contributed by atoms with Crippen molar-refractivity contribution in [3.63, 3.8) is 0 Å². The number of thiophene rings is 1. The van der Waals surface area contributed by atoms with E-state index in [1.165, 1.54) is 10.9 Å². The van der Waals surface area contributed by atoms with Gasteiger partial charge < -0.3 is 20.5 Å². The highest BCUT2D eigenvalue weighted by molar-refractivity contribution is 7.16. The van der Waals surface area contributed by atoms with E-state index in [0.717, 1.165) is 41.8 Å². The van der Waals surface area contributed by atoms with Crippen molar-refractivity contribution in [1.29, 1.82) is 0 Å². The summed E-state index contributed by atoms with van der Waals surface area (Å²) >= 11 is 14.3. The van der Waals surface area contributed by atoms with Gasteiger partial charge in [-0.15, -0.1) is 11.3 Å². The summed E-state index contributed by atoms with van der Waals surface area (Å²) in [6.07, 6.45) is 3.42. The third kappa shape index (κ3) is 3.87. The number of aromatic hydroxyl groups is 1. The van der Waals surface area contributed by atoms with Crippen LogP contribution in [-0.4, -0.2) is 17.6 Å². The molecule has 0 spiro atoms. The maximum Gasteiger partial charge on any atom is 0.256 e. The van der Waals surface area contributed by atoms with Gasteiger partial charge in [-0.05, 0) is 43.1 Å². The lowest BCUT2D eigenvalue weighted by Gasteiger charge is -2.36. The summed E-state index contributed by atoms with van der Waals surface area (Å²) < 4.78 is 5.49. The molecular formula is C23H28Cl2N2O3S. The Morgan fingerprint density at radius 1 is 1.29 bits per heavy atom. The monoisotopic (exact) mass is 482 g/mol. The molecule has 0 fully saturated rings. The number of anilines is 1. The first-order valence-electron chi connectivity index (χ1n) is 10.7. The van der Waals surface area contributed by atoms with Crippen molar-refractivity contribution in [2.75, 3.05) is 11.9 Å². The van der Waals surface area contributed by atoms with Gasteiger partial charge in [0.15, 0.2) is 11.5 Å². The fourth-order valence-corrected chi connectivity index (χ4v) is 6.35. The molecule has 4 rings (SSSR count). The normalized spacial score (nSPS) is 20.5. The fourth-order valence-electron chi connectivity index (χ4n) is 4.54. The molecule has 1 aliphatic heterocycles. The zero-order valence-electron chi connectivity index (χ0n) is 18.2. The molecule has 1 amide bonds. The van der Waals surface area contributed by atoms with Crippen LogP contribution in [0.25, 0.3) is 0 Å². The minimum absolute atomic E-state index is 0.122. The molecule has 1 aromatic carbocycles. The molecule has 3 N–H and O–H groups in total. The molecule has 0 saturated heterocycles. The Balaban J connectivity index is 1.69. The average molecular weight is 483 g/mol. The first-order chi connectivity index (χ1) is 14.7. The van der Waals surface area contributed by atoms with E-state index in [9.17, 15) is 9.90 Å². The van der Waals surface area contributed by atoms with E-state index in [4.69, 9.17) is 27.9 Å². The molecule has 2 heterocycles. The van der Waals surface area contributed by atoms with Gasteiger partial charge in [0.2, 0.25) is 0 Å². The van der Waals surface area contributed by atoms with Crippen LogP contribution in [0.4, 0.5) is 5.00 Å². The third-order valence-electron chi connectivity index (χ3n) is 6.84. The molecule has 1 aliphatic carbocycles. The highest BCUT2D eigenvalue weighted by Crippen LogP contribution is 2.49. The van der Waals surface area contributed by atoms with Crippen LogP contribution < -0.4 is 15.4 Å². The molecule has 1 aromatic heterocycles. The number of carbonyl (C=O) groups is 1. The number of fused-ring (bicyclic) bond motifs is 3. The maximum atomic E-state index is 13.1. The van der Waals surface area contributed by atoms with Gasteiger partial charge >= 0.3 is 0 Å². The molecule has 2 atom stereocenters. The Morgan fingerprint density at radius 2 is 2.03 bits per heavy atom. The van der Waals surface area contributed by atoms with E-state index in [2.05, 4.69) is 31.4 Å². The summed E-state index contributed by atoms with van der Waals surface area (Å²) in [4.78, 5) is 14.4. The molecule has 8 heteroatoms. The molecule has 0 radical (unpaired) electrons. The zero-order chi connectivity index (χ0) is 22.5. The summed E-state index contributed by atoms with van der Waals surface area (Å²) in [6.45, 7) is 9.09. The van der Waals surface area contributed by atoms with E-state index < -0.39 is 6.17 Å². The highest BCUT2D eigenvalue weighted by Gasteiger charge is 2.38. The Hall–Kier alpha value is -1.63. The van der Waals surface area contributed by atoms with Crippen LogP contribution in [-0.2, 0) is 12.8 Å². The van der Waals surface area contributed by atoms with Crippen molar-refractivity contribution in [2.24, 2.45) is 11.3 Å². The Kier molecular flexibility index (Phi) is 6.10. The molecule has 0 unspecified atom stereocenters. The molecule has 0 bridgehead atoms. The first kappa shape index (κ1) is 22.6. The lowest BCUT2D eigenvalue weighted by molar-refractivity contribution is 0.0934.